The molecule has 2 aromatic rings. The van der Waals surface area contributed by atoms with E-state index in [0.29, 0.717) is 26.1 Å². The zero-order valence-electron chi connectivity index (χ0n) is 23.2. The first-order valence-electron chi connectivity index (χ1n) is 12.5. The molecule has 1 aromatic carbocycles. The van der Waals surface area contributed by atoms with Crippen LogP contribution < -0.4 is 4.90 Å². The molecule has 9 nitrogen and oxygen atoms in total. The fourth-order valence-electron chi connectivity index (χ4n) is 4.31. The highest BCUT2D eigenvalue weighted by molar-refractivity contribution is 7.92. The Morgan fingerprint density at radius 1 is 1.21 bits per heavy atom. The second-order valence-corrected chi connectivity index (χ2v) is 14.4. The summed E-state index contributed by atoms with van der Waals surface area (Å²) in [6.45, 7) is 13.3. The third kappa shape index (κ3) is 7.40. The Morgan fingerprint density at radius 2 is 1.85 bits per heavy atom. The fraction of sp³-hybridized carbons (Fsp3) is 0.577. The minimum absolute atomic E-state index is 0.00578. The number of likely N-dealkylation sites (tertiary alicyclic amines) is 1. The van der Waals surface area contributed by atoms with Gasteiger partial charge in [-0.05, 0) is 61.0 Å². The number of thiazole rings is 1. The van der Waals surface area contributed by atoms with Crippen LogP contribution >= 0.6 is 22.9 Å². The average molecular weight is 604 g/mol. The minimum atomic E-state index is -4.63. The summed E-state index contributed by atoms with van der Waals surface area (Å²) >= 11 is 7.66. The van der Waals surface area contributed by atoms with Crippen LogP contribution in [0.5, 0.6) is 0 Å². The fourth-order valence-corrected chi connectivity index (χ4v) is 6.93. The van der Waals surface area contributed by atoms with Crippen LogP contribution in [0.2, 0.25) is 5.02 Å². The van der Waals surface area contributed by atoms with Crippen molar-refractivity contribution < 1.29 is 31.9 Å². The van der Waals surface area contributed by atoms with E-state index in [9.17, 15) is 18.0 Å². The number of benzene rings is 1. The molecule has 0 N–H and O–H groups in total. The van der Waals surface area contributed by atoms with Crippen molar-refractivity contribution in [1.82, 2.24) is 9.88 Å². The van der Waals surface area contributed by atoms with E-state index >= 15 is 4.39 Å². The number of amides is 1. The van der Waals surface area contributed by atoms with Crippen molar-refractivity contribution in [2.24, 2.45) is 0 Å². The maximum atomic E-state index is 15.6. The van der Waals surface area contributed by atoms with Crippen LogP contribution in [0.25, 0.3) is 0 Å². The lowest BCUT2D eigenvalue weighted by molar-refractivity contribution is -0.154. The number of carbonyl (C=O) groups excluding carboxylic acids is 2. The molecule has 0 aliphatic carbocycles. The van der Waals surface area contributed by atoms with E-state index in [2.05, 4.69) is 4.98 Å². The number of aromatic nitrogens is 1. The number of nitrogens with zero attached hydrogens (tertiary/aromatic N) is 3. The smallest absolute Gasteiger partial charge is 0.410 e. The summed E-state index contributed by atoms with van der Waals surface area (Å²) in [5, 5.41) is -0.456. The van der Waals surface area contributed by atoms with Gasteiger partial charge < -0.3 is 19.3 Å². The molecule has 13 heteroatoms. The van der Waals surface area contributed by atoms with Gasteiger partial charge in [-0.25, -0.2) is 22.6 Å². The van der Waals surface area contributed by atoms with Gasteiger partial charge in [0.05, 0.1) is 21.9 Å². The summed E-state index contributed by atoms with van der Waals surface area (Å²) in [4.78, 5) is 32.2. The van der Waals surface area contributed by atoms with Crippen LogP contribution in [0.1, 0.15) is 65.8 Å². The number of halogens is 2. The van der Waals surface area contributed by atoms with Gasteiger partial charge in [0.25, 0.3) is 0 Å². The molecule has 0 saturated carbocycles. The monoisotopic (exact) mass is 603 g/mol. The van der Waals surface area contributed by atoms with Crippen LogP contribution in [0.15, 0.2) is 27.9 Å². The number of hydrogen-bond donors (Lipinski definition) is 0. The number of anilines is 1. The van der Waals surface area contributed by atoms with Crippen LogP contribution in [0.3, 0.4) is 0 Å². The standard InChI is InChI=1S/C26H35ClFN3O6S2/c1-8-31(16-9-10-30(13-16)24(33)37-26(5,6)7)20-12-18(28)21(11-17(20)27)39(34,35)22(19-14-38-15-29-19)23(32)36-25(2,3)4/h11-12,14-16,22H,8-10,13H2,1-7H3/t16-,22?/m0/s1. The predicted octanol–water partition coefficient (Wildman–Crippen LogP) is 5.63. The molecule has 1 aliphatic heterocycles. The van der Waals surface area contributed by atoms with Gasteiger partial charge in [-0.1, -0.05) is 11.6 Å². The summed E-state index contributed by atoms with van der Waals surface area (Å²) in [5.41, 5.74) is 0.00196. The maximum Gasteiger partial charge on any atom is 0.410 e. The van der Waals surface area contributed by atoms with Crippen molar-refractivity contribution in [1.29, 1.82) is 0 Å². The van der Waals surface area contributed by atoms with E-state index in [4.69, 9.17) is 21.1 Å². The van der Waals surface area contributed by atoms with Crippen molar-refractivity contribution >= 4 is 50.5 Å². The van der Waals surface area contributed by atoms with Crippen molar-refractivity contribution in [2.45, 2.75) is 82.3 Å². The van der Waals surface area contributed by atoms with Crippen molar-refractivity contribution in [3.8, 4) is 0 Å². The third-order valence-electron chi connectivity index (χ3n) is 5.87. The van der Waals surface area contributed by atoms with Gasteiger partial charge in [0, 0.05) is 37.1 Å². The van der Waals surface area contributed by atoms with Crippen LogP contribution in [0, 0.1) is 5.82 Å². The molecule has 216 valence electrons. The van der Waals surface area contributed by atoms with E-state index in [-0.39, 0.29) is 22.4 Å². The Bertz CT molecular complexity index is 1310. The molecule has 1 saturated heterocycles. The number of sulfone groups is 1. The lowest BCUT2D eigenvalue weighted by atomic mass is 10.2. The van der Waals surface area contributed by atoms with Crippen LogP contribution in [-0.4, -0.2) is 67.2 Å². The van der Waals surface area contributed by atoms with Gasteiger partial charge in [-0.15, -0.1) is 11.3 Å². The first kappa shape index (κ1) is 31.1. The molecule has 39 heavy (non-hydrogen) atoms. The quantitative estimate of drug-likeness (QED) is 0.375. The van der Waals surface area contributed by atoms with Gasteiger partial charge in [-0.3, -0.25) is 4.79 Å². The molecular formula is C26H35ClFN3O6S2. The molecule has 0 radical (unpaired) electrons. The largest absolute Gasteiger partial charge is 0.459 e. The molecule has 3 rings (SSSR count). The summed E-state index contributed by atoms with van der Waals surface area (Å²) in [7, 11) is -4.63. The first-order valence-corrected chi connectivity index (χ1v) is 15.4. The molecule has 0 spiro atoms. The van der Waals surface area contributed by atoms with E-state index in [1.165, 1.54) is 10.9 Å². The SMILES string of the molecule is CCN(c1cc(F)c(S(=O)(=O)C(C(=O)OC(C)(C)C)c2cscn2)cc1Cl)[C@H]1CCN(C(=O)OC(C)(C)C)C1. The highest BCUT2D eigenvalue weighted by Gasteiger charge is 2.42. The Labute approximate surface area is 238 Å². The average Bonchev–Trinajstić information content (AvgIpc) is 3.46. The second-order valence-electron chi connectivity index (χ2n) is 11.3. The lowest BCUT2D eigenvalue weighted by Crippen LogP contribution is -2.40. The van der Waals surface area contributed by atoms with Gasteiger partial charge in [-0.2, -0.15) is 0 Å². The van der Waals surface area contributed by atoms with Crippen LogP contribution in [-0.2, 0) is 24.1 Å². The van der Waals surface area contributed by atoms with E-state index in [1.54, 1.807) is 46.4 Å². The number of ether oxygens (including phenoxy) is 2. The Morgan fingerprint density at radius 3 is 2.38 bits per heavy atom. The number of carbonyl (C=O) groups is 2. The Hall–Kier alpha value is -2.44. The second kappa shape index (κ2) is 11.6. The Balaban J connectivity index is 1.94. The summed E-state index contributed by atoms with van der Waals surface area (Å²) in [6, 6.07) is 1.89. The van der Waals surface area contributed by atoms with Crippen molar-refractivity contribution in [3.05, 3.63) is 39.6 Å². The molecule has 2 atom stereocenters. The zero-order chi connectivity index (χ0) is 29.3. The van der Waals surface area contributed by atoms with Gasteiger partial charge in [0.1, 0.15) is 21.9 Å². The normalized spacial score (nSPS) is 17.2. The molecule has 0 bridgehead atoms. The van der Waals surface area contributed by atoms with E-state index in [0.717, 1.165) is 23.5 Å². The molecular weight excluding hydrogens is 569 g/mol. The van der Waals surface area contributed by atoms with E-state index in [1.807, 2.05) is 11.8 Å². The van der Waals surface area contributed by atoms with Gasteiger partial charge in [0.2, 0.25) is 15.1 Å². The van der Waals surface area contributed by atoms with Gasteiger partial charge in [0.15, 0.2) is 0 Å². The highest BCUT2D eigenvalue weighted by Crippen LogP contribution is 2.38. The number of esters is 1. The number of rotatable bonds is 7. The minimum Gasteiger partial charge on any atom is -0.459 e. The molecule has 1 unspecified atom stereocenters. The molecule has 1 fully saturated rings. The van der Waals surface area contributed by atoms with Crippen molar-refractivity contribution in [2.75, 3.05) is 24.5 Å². The van der Waals surface area contributed by atoms with Gasteiger partial charge >= 0.3 is 12.1 Å². The summed E-state index contributed by atoms with van der Waals surface area (Å²) < 4.78 is 53.7. The summed E-state index contributed by atoms with van der Waals surface area (Å²) in [6.07, 6.45) is 0.158. The number of hydrogen-bond acceptors (Lipinski definition) is 9. The summed E-state index contributed by atoms with van der Waals surface area (Å²) in [5.74, 6) is -2.12. The highest BCUT2D eigenvalue weighted by atomic mass is 35.5. The third-order valence-corrected chi connectivity index (χ3v) is 8.75. The van der Waals surface area contributed by atoms with Crippen molar-refractivity contribution in [3.63, 3.8) is 0 Å². The first-order chi connectivity index (χ1) is 17.9. The molecule has 2 heterocycles. The van der Waals surface area contributed by atoms with Crippen LogP contribution in [0.4, 0.5) is 14.9 Å². The molecule has 1 aromatic heterocycles. The van der Waals surface area contributed by atoms with E-state index < -0.39 is 49.1 Å². The topological polar surface area (TPSA) is 106 Å². The molecule has 1 aliphatic rings. The predicted molar refractivity (Wildman–Crippen MR) is 149 cm³/mol. The maximum absolute atomic E-state index is 15.6. The number of likely N-dealkylation sites (N-methyl/N-ethyl adjacent to an activating group) is 1. The zero-order valence-corrected chi connectivity index (χ0v) is 25.5. The Kier molecular flexibility index (Phi) is 9.23. The molecule has 1 amide bonds. The lowest BCUT2D eigenvalue weighted by Gasteiger charge is -2.31.